The van der Waals surface area contributed by atoms with E-state index < -0.39 is 12.0 Å². The summed E-state index contributed by atoms with van der Waals surface area (Å²) < 4.78 is 0. The molecule has 1 heterocycles. The van der Waals surface area contributed by atoms with Gasteiger partial charge in [-0.1, -0.05) is 45.6 Å². The first-order chi connectivity index (χ1) is 15.5. The molecule has 1 unspecified atom stereocenters. The third-order valence-corrected chi connectivity index (χ3v) is 7.43. The number of rotatable bonds is 9. The number of likely N-dealkylation sites (tertiary alicyclic amines) is 1. The molecule has 3 atom stereocenters. The molecule has 2 amide bonds. The molecule has 7 nitrogen and oxygen atoms in total. The van der Waals surface area contributed by atoms with Gasteiger partial charge in [-0.25, -0.2) is 4.79 Å². The number of nitrogens with zero attached hydrogens (tertiary/aromatic N) is 2. The Bertz CT molecular complexity index is 712. The van der Waals surface area contributed by atoms with Gasteiger partial charge in [0.15, 0.2) is 0 Å². The molecular formula is C26H45N3O4. The molecule has 0 radical (unpaired) electrons. The topological polar surface area (TPSA) is 90.0 Å². The van der Waals surface area contributed by atoms with E-state index in [0.29, 0.717) is 0 Å². The third-order valence-electron chi connectivity index (χ3n) is 7.43. The molecule has 2 fully saturated rings. The lowest BCUT2D eigenvalue weighted by molar-refractivity contribution is -0.141. The van der Waals surface area contributed by atoms with Crippen LogP contribution in [0.2, 0.25) is 0 Å². The van der Waals surface area contributed by atoms with Crippen molar-refractivity contribution in [3.8, 4) is 0 Å². The fourth-order valence-corrected chi connectivity index (χ4v) is 5.40. The summed E-state index contributed by atoms with van der Waals surface area (Å²) in [6, 6.07) is -0.836. The molecular weight excluding hydrogens is 418 g/mol. The smallest absolute Gasteiger partial charge is 0.331 e. The molecule has 1 aliphatic heterocycles. The highest BCUT2D eigenvalue weighted by molar-refractivity contribution is 5.90. The van der Waals surface area contributed by atoms with Gasteiger partial charge in [-0.05, 0) is 64.8 Å². The van der Waals surface area contributed by atoms with Crippen molar-refractivity contribution >= 4 is 17.8 Å². The number of aliphatic carboxylic acids is 1. The lowest BCUT2D eigenvalue weighted by Crippen LogP contribution is -2.59. The fourth-order valence-electron chi connectivity index (χ4n) is 5.40. The highest BCUT2D eigenvalue weighted by Crippen LogP contribution is 2.29. The molecule has 0 aromatic rings. The number of carbonyl (C=O) groups excluding carboxylic acids is 2. The molecule has 0 spiro atoms. The van der Waals surface area contributed by atoms with E-state index in [2.05, 4.69) is 24.1 Å². The molecule has 2 N–H and O–H groups in total. The quantitative estimate of drug-likeness (QED) is 0.507. The van der Waals surface area contributed by atoms with Gasteiger partial charge in [-0.3, -0.25) is 14.5 Å². The average Bonchev–Trinajstić information content (AvgIpc) is 2.79. The molecule has 7 heteroatoms. The Kier molecular flexibility index (Phi) is 10.4. The normalized spacial score (nSPS) is 22.8. The van der Waals surface area contributed by atoms with Crippen molar-refractivity contribution in [2.24, 2.45) is 11.8 Å². The summed E-state index contributed by atoms with van der Waals surface area (Å²) in [6.45, 7) is 10.7. The molecule has 1 saturated heterocycles. The first-order valence-electron chi connectivity index (χ1n) is 12.8. The van der Waals surface area contributed by atoms with Gasteiger partial charge in [0.05, 0.1) is 12.1 Å². The Hall–Kier alpha value is -1.89. The number of piperidine rings is 1. The van der Waals surface area contributed by atoms with Crippen LogP contribution in [0.15, 0.2) is 11.6 Å². The molecule has 1 aliphatic carbocycles. The zero-order valence-corrected chi connectivity index (χ0v) is 21.5. The zero-order valence-electron chi connectivity index (χ0n) is 21.5. The minimum Gasteiger partial charge on any atom is -0.478 e. The minimum atomic E-state index is -0.982. The number of hydrogen-bond donors (Lipinski definition) is 2. The number of carboxylic acid groups (broad SMARTS) is 1. The van der Waals surface area contributed by atoms with Crippen LogP contribution in [0, 0.1) is 11.8 Å². The summed E-state index contributed by atoms with van der Waals surface area (Å²) >= 11 is 0. The predicted molar refractivity (Wildman–Crippen MR) is 131 cm³/mol. The summed E-state index contributed by atoms with van der Waals surface area (Å²) in [4.78, 5) is 42.6. The Labute approximate surface area is 200 Å². The lowest BCUT2D eigenvalue weighted by Gasteiger charge is -2.40. The van der Waals surface area contributed by atoms with Crippen LogP contribution in [0.25, 0.3) is 0 Å². The standard InChI is InChI=1S/C26H45N3O4/c1-17(2)22(16-19(5)26(32)33)28(6)25(31)23(20-12-8-7-9-13-20)27-24(30)21-14-10-11-15-29(21)18(3)4/h16-18,20-23H,7-15H2,1-6H3,(H,27,30)(H,32,33)/b19-16+/t21-,22-,23?/m1/s1. The van der Waals surface area contributed by atoms with Crippen LogP contribution in [-0.4, -0.2) is 70.4 Å². The van der Waals surface area contributed by atoms with E-state index in [4.69, 9.17) is 0 Å². The molecule has 188 valence electrons. The van der Waals surface area contributed by atoms with Crippen LogP contribution in [0.3, 0.4) is 0 Å². The SMILES string of the molecule is C/C(=C\[C@H](C(C)C)N(C)C(=O)C(NC(=O)[C@H]1CCCCN1C(C)C)C1CCCCC1)C(=O)O. The number of nitrogens with one attached hydrogen (secondary N) is 1. The largest absolute Gasteiger partial charge is 0.478 e. The van der Waals surface area contributed by atoms with Gasteiger partial charge in [0.2, 0.25) is 11.8 Å². The highest BCUT2D eigenvalue weighted by Gasteiger charge is 2.38. The summed E-state index contributed by atoms with van der Waals surface area (Å²) in [5, 5.41) is 12.5. The molecule has 2 rings (SSSR count). The second kappa shape index (κ2) is 12.5. The van der Waals surface area contributed by atoms with E-state index in [1.807, 2.05) is 13.8 Å². The summed E-state index contributed by atoms with van der Waals surface area (Å²) in [7, 11) is 1.74. The van der Waals surface area contributed by atoms with Crippen molar-refractivity contribution in [1.29, 1.82) is 0 Å². The van der Waals surface area contributed by atoms with Crippen LogP contribution in [0.1, 0.15) is 86.0 Å². The van der Waals surface area contributed by atoms with Crippen molar-refractivity contribution < 1.29 is 19.5 Å². The van der Waals surface area contributed by atoms with Crippen LogP contribution < -0.4 is 5.32 Å². The number of carbonyl (C=O) groups is 3. The maximum atomic E-state index is 13.8. The number of likely N-dealkylation sites (N-methyl/N-ethyl adjacent to an activating group) is 1. The van der Waals surface area contributed by atoms with Gasteiger partial charge in [-0.15, -0.1) is 0 Å². The van der Waals surface area contributed by atoms with Gasteiger partial charge < -0.3 is 15.3 Å². The molecule has 2 aliphatic rings. The summed E-state index contributed by atoms with van der Waals surface area (Å²) in [6.07, 6.45) is 9.77. The monoisotopic (exact) mass is 463 g/mol. The van der Waals surface area contributed by atoms with Crippen molar-refractivity contribution in [3.05, 3.63) is 11.6 Å². The van der Waals surface area contributed by atoms with E-state index in [9.17, 15) is 19.5 Å². The molecule has 1 saturated carbocycles. The van der Waals surface area contributed by atoms with Crippen molar-refractivity contribution in [3.63, 3.8) is 0 Å². The van der Waals surface area contributed by atoms with Crippen molar-refractivity contribution in [1.82, 2.24) is 15.1 Å². The van der Waals surface area contributed by atoms with E-state index in [0.717, 1.165) is 51.5 Å². The second-order valence-electron chi connectivity index (χ2n) is 10.6. The summed E-state index contributed by atoms with van der Waals surface area (Å²) in [5.41, 5.74) is 0.224. The molecule has 0 aromatic carbocycles. The second-order valence-corrected chi connectivity index (χ2v) is 10.6. The van der Waals surface area contributed by atoms with Crippen molar-refractivity contribution in [2.45, 2.75) is 110 Å². The number of hydrogen-bond acceptors (Lipinski definition) is 4. The number of amides is 2. The van der Waals surface area contributed by atoms with Gasteiger partial charge >= 0.3 is 5.97 Å². The van der Waals surface area contributed by atoms with Gasteiger partial charge in [-0.2, -0.15) is 0 Å². The lowest BCUT2D eigenvalue weighted by atomic mass is 9.82. The minimum absolute atomic E-state index is 0.0425. The maximum Gasteiger partial charge on any atom is 0.331 e. The average molecular weight is 464 g/mol. The Morgan fingerprint density at radius 2 is 1.61 bits per heavy atom. The highest BCUT2D eigenvalue weighted by atomic mass is 16.4. The Morgan fingerprint density at radius 3 is 2.15 bits per heavy atom. The fraction of sp³-hybridized carbons (Fsp3) is 0.808. The van der Waals surface area contributed by atoms with E-state index in [-0.39, 0.29) is 47.3 Å². The predicted octanol–water partition coefficient (Wildman–Crippen LogP) is 3.83. The summed E-state index contributed by atoms with van der Waals surface area (Å²) in [5.74, 6) is -0.976. The van der Waals surface area contributed by atoms with Crippen LogP contribution in [0.4, 0.5) is 0 Å². The third kappa shape index (κ3) is 7.29. The molecule has 0 bridgehead atoms. The van der Waals surface area contributed by atoms with Crippen molar-refractivity contribution in [2.75, 3.05) is 13.6 Å². The maximum absolute atomic E-state index is 13.8. The van der Waals surface area contributed by atoms with E-state index in [1.165, 1.54) is 6.42 Å². The first kappa shape index (κ1) is 27.4. The molecule has 0 aromatic heterocycles. The van der Waals surface area contributed by atoms with Crippen LogP contribution in [-0.2, 0) is 14.4 Å². The van der Waals surface area contributed by atoms with Gasteiger partial charge in [0, 0.05) is 18.7 Å². The molecule has 33 heavy (non-hydrogen) atoms. The first-order valence-corrected chi connectivity index (χ1v) is 12.8. The van der Waals surface area contributed by atoms with E-state index >= 15 is 0 Å². The Balaban J connectivity index is 2.28. The number of carboxylic acids is 1. The van der Waals surface area contributed by atoms with Gasteiger partial charge in [0.1, 0.15) is 6.04 Å². The van der Waals surface area contributed by atoms with Crippen LogP contribution >= 0.6 is 0 Å². The Morgan fingerprint density at radius 1 is 1.00 bits per heavy atom. The zero-order chi connectivity index (χ0) is 24.7. The van der Waals surface area contributed by atoms with Gasteiger partial charge in [0.25, 0.3) is 0 Å². The van der Waals surface area contributed by atoms with E-state index in [1.54, 1.807) is 24.9 Å². The van der Waals surface area contributed by atoms with Crippen LogP contribution in [0.5, 0.6) is 0 Å².